The van der Waals surface area contributed by atoms with Gasteiger partial charge in [-0.05, 0) is 44.4 Å². The highest BCUT2D eigenvalue weighted by Crippen LogP contribution is 2.40. The second kappa shape index (κ2) is 6.20. The summed E-state index contributed by atoms with van der Waals surface area (Å²) in [6, 6.07) is 4.07. The molecule has 114 valence electrons. The number of aryl methyl sites for hydroxylation is 1. The van der Waals surface area contributed by atoms with E-state index in [1.807, 2.05) is 25.1 Å². The topological polar surface area (TPSA) is 44.8 Å². The molecule has 0 radical (unpaired) electrons. The largest absolute Gasteiger partial charge is 0.496 e. The molecule has 0 fully saturated rings. The molecule has 0 unspecified atom stereocenters. The molecule has 1 heterocycles. The number of rotatable bonds is 4. The van der Waals surface area contributed by atoms with Crippen molar-refractivity contribution in [3.8, 4) is 11.5 Å². The minimum atomic E-state index is -0.340. The van der Waals surface area contributed by atoms with Crippen molar-refractivity contribution in [2.75, 3.05) is 14.2 Å². The van der Waals surface area contributed by atoms with Crippen LogP contribution in [0.25, 0.3) is 0 Å². The molecule has 0 aromatic heterocycles. The van der Waals surface area contributed by atoms with Crippen LogP contribution in [0.15, 0.2) is 24.3 Å². The average molecular weight is 290 g/mol. The van der Waals surface area contributed by atoms with Gasteiger partial charge in [0.2, 0.25) is 0 Å². The van der Waals surface area contributed by atoms with Gasteiger partial charge in [0.05, 0.1) is 14.2 Å². The molecule has 4 heteroatoms. The fraction of sp³-hybridized carbons (Fsp3) is 0.471. The molecule has 4 nitrogen and oxygen atoms in total. The van der Waals surface area contributed by atoms with Gasteiger partial charge in [0.15, 0.2) is 0 Å². The summed E-state index contributed by atoms with van der Waals surface area (Å²) in [5.74, 6) is 1.43. The smallest absolute Gasteiger partial charge is 0.330 e. The third-order valence-corrected chi connectivity index (χ3v) is 3.80. The normalized spacial score (nSPS) is 20.8. The second-order valence-electron chi connectivity index (χ2n) is 5.63. The Bertz CT molecular complexity index is 562. The Kier molecular flexibility index (Phi) is 4.56. The highest BCUT2D eigenvalue weighted by molar-refractivity contribution is 5.81. The molecule has 0 saturated carbocycles. The summed E-state index contributed by atoms with van der Waals surface area (Å²) in [6.45, 7) is 4.08. The monoisotopic (exact) mass is 290 g/mol. The van der Waals surface area contributed by atoms with Crippen LogP contribution in [0.3, 0.4) is 0 Å². The van der Waals surface area contributed by atoms with Crippen molar-refractivity contribution < 1.29 is 19.0 Å². The van der Waals surface area contributed by atoms with E-state index < -0.39 is 0 Å². The van der Waals surface area contributed by atoms with Crippen LogP contribution in [0.5, 0.6) is 11.5 Å². The zero-order valence-corrected chi connectivity index (χ0v) is 13.1. The van der Waals surface area contributed by atoms with Crippen LogP contribution in [0.1, 0.15) is 30.9 Å². The van der Waals surface area contributed by atoms with E-state index in [0.29, 0.717) is 6.42 Å². The summed E-state index contributed by atoms with van der Waals surface area (Å²) >= 11 is 0. The Morgan fingerprint density at radius 2 is 2.19 bits per heavy atom. The van der Waals surface area contributed by atoms with E-state index in [2.05, 4.69) is 11.7 Å². The maximum atomic E-state index is 11.1. The van der Waals surface area contributed by atoms with Gasteiger partial charge in [-0.2, -0.15) is 0 Å². The number of benzene rings is 1. The van der Waals surface area contributed by atoms with Gasteiger partial charge >= 0.3 is 5.97 Å². The van der Waals surface area contributed by atoms with Crippen molar-refractivity contribution in [1.82, 2.24) is 0 Å². The molecular weight excluding hydrogens is 268 g/mol. The highest BCUT2D eigenvalue weighted by Gasteiger charge is 2.32. The van der Waals surface area contributed by atoms with Gasteiger partial charge in [0.25, 0.3) is 0 Å². The SMILES string of the molecule is COC(=O)/C=C/C[C@]1(C)CCc2c(OC)cc(C)cc2O1. The van der Waals surface area contributed by atoms with Crippen molar-refractivity contribution in [2.45, 2.75) is 38.7 Å². The Morgan fingerprint density at radius 1 is 1.43 bits per heavy atom. The van der Waals surface area contributed by atoms with Crippen molar-refractivity contribution in [1.29, 1.82) is 0 Å². The van der Waals surface area contributed by atoms with Crippen LogP contribution in [-0.4, -0.2) is 25.8 Å². The Hall–Kier alpha value is -1.97. The number of ether oxygens (including phenoxy) is 3. The molecular formula is C17H22O4. The Morgan fingerprint density at radius 3 is 2.86 bits per heavy atom. The fourth-order valence-corrected chi connectivity index (χ4v) is 2.59. The number of carbonyl (C=O) groups is 1. The van der Waals surface area contributed by atoms with Gasteiger partial charge in [-0.25, -0.2) is 4.79 Å². The van der Waals surface area contributed by atoms with E-state index in [0.717, 1.165) is 35.5 Å². The van der Waals surface area contributed by atoms with E-state index in [4.69, 9.17) is 9.47 Å². The van der Waals surface area contributed by atoms with E-state index in [1.54, 1.807) is 7.11 Å². The number of esters is 1. The predicted molar refractivity (Wildman–Crippen MR) is 80.9 cm³/mol. The van der Waals surface area contributed by atoms with E-state index in [9.17, 15) is 4.79 Å². The molecule has 1 aliphatic rings. The van der Waals surface area contributed by atoms with Gasteiger partial charge in [-0.3, -0.25) is 0 Å². The van der Waals surface area contributed by atoms with Crippen LogP contribution in [0, 0.1) is 6.92 Å². The first-order valence-corrected chi connectivity index (χ1v) is 7.08. The fourth-order valence-electron chi connectivity index (χ4n) is 2.59. The van der Waals surface area contributed by atoms with Gasteiger partial charge < -0.3 is 14.2 Å². The van der Waals surface area contributed by atoms with Gasteiger partial charge in [0.1, 0.15) is 17.1 Å². The van der Waals surface area contributed by atoms with E-state index >= 15 is 0 Å². The first-order valence-electron chi connectivity index (χ1n) is 7.08. The van der Waals surface area contributed by atoms with E-state index in [1.165, 1.54) is 13.2 Å². The summed E-state index contributed by atoms with van der Waals surface area (Å²) in [5, 5.41) is 0. The molecule has 0 amide bonds. The summed E-state index contributed by atoms with van der Waals surface area (Å²) in [4.78, 5) is 11.1. The Balaban J connectivity index is 2.16. The molecule has 1 atom stereocenters. The molecule has 2 rings (SSSR count). The van der Waals surface area contributed by atoms with Crippen molar-refractivity contribution >= 4 is 5.97 Å². The summed E-state index contributed by atoms with van der Waals surface area (Å²) in [6.07, 6.45) is 5.70. The summed E-state index contributed by atoms with van der Waals surface area (Å²) in [5.41, 5.74) is 1.92. The number of fused-ring (bicyclic) bond motifs is 1. The third kappa shape index (κ3) is 3.57. The minimum absolute atomic E-state index is 0.309. The second-order valence-corrected chi connectivity index (χ2v) is 5.63. The number of hydrogen-bond donors (Lipinski definition) is 0. The van der Waals surface area contributed by atoms with Crippen LogP contribution < -0.4 is 9.47 Å². The Labute approximate surface area is 125 Å². The molecule has 1 aliphatic heterocycles. The lowest BCUT2D eigenvalue weighted by Crippen LogP contribution is -2.36. The average Bonchev–Trinajstić information content (AvgIpc) is 2.45. The molecule has 1 aromatic rings. The molecule has 0 aliphatic carbocycles. The van der Waals surface area contributed by atoms with Crippen LogP contribution in [0.4, 0.5) is 0 Å². The van der Waals surface area contributed by atoms with Crippen LogP contribution >= 0.6 is 0 Å². The maximum Gasteiger partial charge on any atom is 0.330 e. The van der Waals surface area contributed by atoms with Crippen LogP contribution in [-0.2, 0) is 16.0 Å². The molecule has 0 spiro atoms. The van der Waals surface area contributed by atoms with Gasteiger partial charge in [-0.15, -0.1) is 0 Å². The van der Waals surface area contributed by atoms with E-state index in [-0.39, 0.29) is 11.6 Å². The molecule has 0 N–H and O–H groups in total. The summed E-state index contributed by atoms with van der Waals surface area (Å²) < 4.78 is 16.2. The predicted octanol–water partition coefficient (Wildman–Crippen LogP) is 3.21. The standard InChI is InChI=1S/C17H22O4/c1-12-10-14(19-3)13-7-9-17(2,21-15(13)11-12)8-5-6-16(18)20-4/h5-6,10-11H,7-9H2,1-4H3/b6-5+/t17-/m1/s1. The zero-order chi connectivity index (χ0) is 15.5. The number of hydrogen-bond acceptors (Lipinski definition) is 4. The minimum Gasteiger partial charge on any atom is -0.496 e. The highest BCUT2D eigenvalue weighted by atomic mass is 16.5. The molecule has 0 bridgehead atoms. The molecule has 21 heavy (non-hydrogen) atoms. The third-order valence-electron chi connectivity index (χ3n) is 3.80. The number of carbonyl (C=O) groups excluding carboxylic acids is 1. The van der Waals surface area contributed by atoms with Crippen LogP contribution in [0.2, 0.25) is 0 Å². The van der Waals surface area contributed by atoms with Crippen molar-refractivity contribution in [3.05, 3.63) is 35.4 Å². The quantitative estimate of drug-likeness (QED) is 0.631. The van der Waals surface area contributed by atoms with Crippen molar-refractivity contribution in [2.24, 2.45) is 0 Å². The molecule has 1 aromatic carbocycles. The van der Waals surface area contributed by atoms with Gasteiger partial charge in [0, 0.05) is 18.1 Å². The lowest BCUT2D eigenvalue weighted by molar-refractivity contribution is -0.134. The number of methoxy groups -OCH3 is 2. The maximum absolute atomic E-state index is 11.1. The van der Waals surface area contributed by atoms with Crippen molar-refractivity contribution in [3.63, 3.8) is 0 Å². The molecule has 0 saturated heterocycles. The van der Waals surface area contributed by atoms with Gasteiger partial charge in [-0.1, -0.05) is 6.08 Å². The summed E-state index contributed by atoms with van der Waals surface area (Å²) in [7, 11) is 3.05. The lowest BCUT2D eigenvalue weighted by Gasteiger charge is -2.36. The first-order chi connectivity index (χ1) is 9.97. The zero-order valence-electron chi connectivity index (χ0n) is 13.1. The lowest BCUT2D eigenvalue weighted by atomic mass is 9.89. The first kappa shape index (κ1) is 15.4.